The zero-order valence-electron chi connectivity index (χ0n) is 12.5. The monoisotopic (exact) mass is 279 g/mol. The summed E-state index contributed by atoms with van der Waals surface area (Å²) in [5.74, 6) is 1.04. The maximum atomic E-state index is 5.91. The van der Waals surface area contributed by atoms with E-state index in [-0.39, 0.29) is 0 Å². The lowest BCUT2D eigenvalue weighted by atomic mass is 10.1. The third-order valence-corrected chi connectivity index (χ3v) is 3.70. The smallest absolute Gasteiger partial charge is 0.122 e. The van der Waals surface area contributed by atoms with Crippen LogP contribution in [0.3, 0.4) is 0 Å². The van der Waals surface area contributed by atoms with E-state index < -0.39 is 0 Å². The average molecular weight is 279 g/mol. The minimum absolute atomic E-state index is 0.478. The lowest BCUT2D eigenvalue weighted by Gasteiger charge is -2.13. The van der Waals surface area contributed by atoms with E-state index in [2.05, 4.69) is 23.5 Å². The first-order valence-electron chi connectivity index (χ1n) is 7.35. The second-order valence-electron chi connectivity index (χ2n) is 5.01. The van der Waals surface area contributed by atoms with Gasteiger partial charge in [-0.15, -0.1) is 0 Å². The third kappa shape index (κ3) is 3.95. The van der Waals surface area contributed by atoms with Gasteiger partial charge in [-0.1, -0.05) is 12.1 Å². The van der Waals surface area contributed by atoms with Crippen molar-refractivity contribution < 1.29 is 14.2 Å². The molecule has 1 aromatic carbocycles. The van der Waals surface area contributed by atoms with E-state index in [1.165, 1.54) is 11.1 Å². The zero-order chi connectivity index (χ0) is 14.2. The van der Waals surface area contributed by atoms with E-state index in [1.807, 2.05) is 7.05 Å². The van der Waals surface area contributed by atoms with E-state index in [9.17, 15) is 0 Å². The van der Waals surface area contributed by atoms with Crippen LogP contribution in [0.15, 0.2) is 18.2 Å². The molecule has 1 aromatic rings. The summed E-state index contributed by atoms with van der Waals surface area (Å²) in [5.41, 5.74) is 2.76. The van der Waals surface area contributed by atoms with Gasteiger partial charge < -0.3 is 19.5 Å². The molecule has 1 N–H and O–H groups in total. The van der Waals surface area contributed by atoms with E-state index >= 15 is 0 Å². The molecule has 2 rings (SSSR count). The molecule has 0 aromatic heterocycles. The summed E-state index contributed by atoms with van der Waals surface area (Å²) in [6.45, 7) is 2.73. The molecule has 0 amide bonds. The molecule has 0 heterocycles. The molecular formula is C16H25NO3. The van der Waals surface area contributed by atoms with Crippen molar-refractivity contribution in [2.45, 2.75) is 25.3 Å². The minimum atomic E-state index is 0.478. The standard InChI is InChI=1S/C16H25NO3/c1-17-15-8-7-14-13(15)5-3-6-16(14)20-10-4-9-19-12-11-18-2/h3,5-6,15,17H,4,7-12H2,1-2H3. The molecule has 0 spiro atoms. The first kappa shape index (κ1) is 15.3. The van der Waals surface area contributed by atoms with Crippen molar-refractivity contribution in [3.63, 3.8) is 0 Å². The first-order valence-corrected chi connectivity index (χ1v) is 7.35. The van der Waals surface area contributed by atoms with E-state index in [1.54, 1.807) is 7.11 Å². The number of ether oxygens (including phenoxy) is 3. The summed E-state index contributed by atoms with van der Waals surface area (Å²) in [7, 11) is 3.70. The van der Waals surface area contributed by atoms with Crippen LogP contribution >= 0.6 is 0 Å². The molecule has 0 saturated carbocycles. The fourth-order valence-electron chi connectivity index (χ4n) is 2.64. The Morgan fingerprint density at radius 2 is 2.10 bits per heavy atom. The molecule has 112 valence electrons. The number of hydrogen-bond acceptors (Lipinski definition) is 4. The fourth-order valence-corrected chi connectivity index (χ4v) is 2.64. The van der Waals surface area contributed by atoms with Crippen LogP contribution in [-0.2, 0) is 15.9 Å². The van der Waals surface area contributed by atoms with Crippen molar-refractivity contribution in [2.24, 2.45) is 0 Å². The van der Waals surface area contributed by atoms with Gasteiger partial charge in [0.1, 0.15) is 5.75 Å². The van der Waals surface area contributed by atoms with Crippen molar-refractivity contribution in [2.75, 3.05) is 40.6 Å². The van der Waals surface area contributed by atoms with Gasteiger partial charge in [0.2, 0.25) is 0 Å². The Morgan fingerprint density at radius 1 is 1.20 bits per heavy atom. The van der Waals surface area contributed by atoms with Gasteiger partial charge in [-0.2, -0.15) is 0 Å². The fraction of sp³-hybridized carbons (Fsp3) is 0.625. The average Bonchev–Trinajstić information content (AvgIpc) is 2.90. The highest BCUT2D eigenvalue weighted by Gasteiger charge is 2.23. The summed E-state index contributed by atoms with van der Waals surface area (Å²) >= 11 is 0. The molecule has 1 atom stereocenters. The molecule has 0 fully saturated rings. The van der Waals surface area contributed by atoms with Crippen LogP contribution < -0.4 is 10.1 Å². The van der Waals surface area contributed by atoms with Gasteiger partial charge in [-0.25, -0.2) is 0 Å². The van der Waals surface area contributed by atoms with Gasteiger partial charge in [0.05, 0.1) is 19.8 Å². The number of fused-ring (bicyclic) bond motifs is 1. The van der Waals surface area contributed by atoms with Crippen LogP contribution in [0, 0.1) is 0 Å². The molecule has 0 bridgehead atoms. The van der Waals surface area contributed by atoms with Crippen LogP contribution in [0.25, 0.3) is 0 Å². The lowest BCUT2D eigenvalue weighted by Crippen LogP contribution is -2.12. The Bertz CT molecular complexity index is 409. The quantitative estimate of drug-likeness (QED) is 0.704. The summed E-state index contributed by atoms with van der Waals surface area (Å²) < 4.78 is 16.3. The topological polar surface area (TPSA) is 39.7 Å². The normalized spacial score (nSPS) is 17.2. The van der Waals surface area contributed by atoms with Crippen LogP contribution in [0.1, 0.15) is 30.0 Å². The van der Waals surface area contributed by atoms with Gasteiger partial charge in [-0.3, -0.25) is 0 Å². The Morgan fingerprint density at radius 3 is 2.90 bits per heavy atom. The Balaban J connectivity index is 1.75. The summed E-state index contributed by atoms with van der Waals surface area (Å²) in [6, 6.07) is 6.83. The summed E-state index contributed by atoms with van der Waals surface area (Å²) in [4.78, 5) is 0. The number of benzene rings is 1. The first-order chi connectivity index (χ1) is 9.86. The van der Waals surface area contributed by atoms with Crippen LogP contribution in [0.2, 0.25) is 0 Å². The maximum absolute atomic E-state index is 5.91. The highest BCUT2D eigenvalue weighted by Crippen LogP contribution is 2.36. The second kappa shape index (κ2) is 8.25. The van der Waals surface area contributed by atoms with Gasteiger partial charge >= 0.3 is 0 Å². The SMILES string of the molecule is CNC1CCc2c(OCCCOCCOC)cccc21. The maximum Gasteiger partial charge on any atom is 0.122 e. The van der Waals surface area contributed by atoms with E-state index in [0.29, 0.717) is 25.9 Å². The third-order valence-electron chi connectivity index (χ3n) is 3.70. The Hall–Kier alpha value is -1.10. The Labute approximate surface area is 121 Å². The van der Waals surface area contributed by atoms with E-state index in [0.717, 1.165) is 31.6 Å². The molecule has 1 aliphatic carbocycles. The van der Waals surface area contributed by atoms with Gasteiger partial charge in [-0.05, 0) is 37.1 Å². The highest BCUT2D eigenvalue weighted by atomic mass is 16.5. The molecule has 20 heavy (non-hydrogen) atoms. The van der Waals surface area contributed by atoms with Crippen molar-refractivity contribution in [3.8, 4) is 5.75 Å². The lowest BCUT2D eigenvalue weighted by molar-refractivity contribution is 0.0644. The number of nitrogens with one attached hydrogen (secondary N) is 1. The molecule has 1 unspecified atom stereocenters. The van der Waals surface area contributed by atoms with Crippen molar-refractivity contribution in [1.29, 1.82) is 0 Å². The summed E-state index contributed by atoms with van der Waals surface area (Å²) in [6.07, 6.45) is 3.16. The summed E-state index contributed by atoms with van der Waals surface area (Å²) in [5, 5.41) is 3.36. The molecule has 1 aliphatic rings. The second-order valence-corrected chi connectivity index (χ2v) is 5.01. The zero-order valence-corrected chi connectivity index (χ0v) is 12.5. The van der Waals surface area contributed by atoms with Gasteiger partial charge in [0.25, 0.3) is 0 Å². The van der Waals surface area contributed by atoms with Gasteiger partial charge in [0, 0.05) is 26.2 Å². The number of rotatable bonds is 9. The predicted molar refractivity (Wildman–Crippen MR) is 79.4 cm³/mol. The van der Waals surface area contributed by atoms with Crippen molar-refractivity contribution in [3.05, 3.63) is 29.3 Å². The van der Waals surface area contributed by atoms with Crippen LogP contribution in [-0.4, -0.2) is 40.6 Å². The van der Waals surface area contributed by atoms with E-state index in [4.69, 9.17) is 14.2 Å². The molecule has 0 saturated heterocycles. The number of hydrogen-bond donors (Lipinski definition) is 1. The van der Waals surface area contributed by atoms with Crippen LogP contribution in [0.4, 0.5) is 0 Å². The molecule has 0 radical (unpaired) electrons. The number of methoxy groups -OCH3 is 1. The van der Waals surface area contributed by atoms with Crippen molar-refractivity contribution >= 4 is 0 Å². The highest BCUT2D eigenvalue weighted by molar-refractivity contribution is 5.45. The predicted octanol–water partition coefficient (Wildman–Crippen LogP) is 2.33. The minimum Gasteiger partial charge on any atom is -0.493 e. The molecule has 0 aliphatic heterocycles. The largest absolute Gasteiger partial charge is 0.493 e. The van der Waals surface area contributed by atoms with Crippen molar-refractivity contribution in [1.82, 2.24) is 5.32 Å². The molecular weight excluding hydrogens is 254 g/mol. The molecule has 4 nitrogen and oxygen atoms in total. The molecule has 4 heteroatoms. The Kier molecular flexibility index (Phi) is 6.30. The van der Waals surface area contributed by atoms with Crippen LogP contribution in [0.5, 0.6) is 5.75 Å². The van der Waals surface area contributed by atoms with Gasteiger partial charge in [0.15, 0.2) is 0 Å².